The Morgan fingerprint density at radius 2 is 1.84 bits per heavy atom. The largest absolute Gasteiger partial charge is 1.00 e. The van der Waals surface area contributed by atoms with Gasteiger partial charge in [-0.15, -0.1) is 0 Å². The minimum atomic E-state index is -1.27. The maximum absolute atomic E-state index is 13.3. The van der Waals surface area contributed by atoms with E-state index in [9.17, 15) is 14.7 Å². The first-order chi connectivity index (χ1) is 17.9. The van der Waals surface area contributed by atoms with Gasteiger partial charge in [-0.05, 0) is 72.1 Å². The van der Waals surface area contributed by atoms with Crippen LogP contribution in [0.15, 0.2) is 42.5 Å². The van der Waals surface area contributed by atoms with Gasteiger partial charge in [0.1, 0.15) is 0 Å². The third-order valence-corrected chi connectivity index (χ3v) is 7.77. The molecule has 0 aliphatic heterocycles. The number of carboxylic acids is 1. The third kappa shape index (κ3) is 9.77. The molecule has 38 heavy (non-hydrogen) atoms. The Balaban J connectivity index is 0.00000507. The molecule has 1 unspecified atom stereocenters. The van der Waals surface area contributed by atoms with Gasteiger partial charge in [0.2, 0.25) is 0 Å². The first-order valence-electron chi connectivity index (χ1n) is 13.2. The first kappa shape index (κ1) is 32.5. The molecule has 2 aromatic rings. The van der Waals surface area contributed by atoms with E-state index in [0.29, 0.717) is 36.9 Å². The van der Waals surface area contributed by atoms with Gasteiger partial charge in [-0.3, -0.25) is 4.79 Å². The Hall–Kier alpha value is -1.75. The van der Waals surface area contributed by atoms with Gasteiger partial charge in [-0.2, -0.15) is 11.8 Å². The molecule has 2 aromatic carbocycles. The van der Waals surface area contributed by atoms with Crippen LogP contribution in [0.5, 0.6) is 0 Å². The summed E-state index contributed by atoms with van der Waals surface area (Å²) >= 11 is 1.53. The van der Waals surface area contributed by atoms with Gasteiger partial charge >= 0.3 is 18.9 Å². The molecule has 1 N–H and O–H groups in total. The fourth-order valence-corrected chi connectivity index (χ4v) is 5.55. The number of amides is 1. The van der Waals surface area contributed by atoms with Gasteiger partial charge in [0.05, 0.1) is 31.3 Å². The summed E-state index contributed by atoms with van der Waals surface area (Å²) in [5, 5.41) is 14.3. The SMILES string of the molecule is COCC(CC1CCCCC1)OCc1ccc(C(=O)N[C@@H](CCSC)C(=O)[O-])c(-c2ccccc2C)c1.[Li+]. The van der Waals surface area contributed by atoms with Crippen molar-refractivity contribution in [1.82, 2.24) is 5.32 Å². The van der Waals surface area contributed by atoms with Crippen LogP contribution in [0, 0.1) is 12.8 Å². The predicted molar refractivity (Wildman–Crippen MR) is 148 cm³/mol. The average Bonchev–Trinajstić information content (AvgIpc) is 2.90. The molecule has 202 valence electrons. The van der Waals surface area contributed by atoms with Crippen molar-refractivity contribution in [2.45, 2.75) is 70.6 Å². The van der Waals surface area contributed by atoms with E-state index >= 15 is 0 Å². The number of thioether (sulfide) groups is 1. The normalized spacial score (nSPS) is 15.3. The summed E-state index contributed by atoms with van der Waals surface area (Å²) in [6, 6.07) is 12.5. The summed E-state index contributed by atoms with van der Waals surface area (Å²) < 4.78 is 11.8. The summed E-state index contributed by atoms with van der Waals surface area (Å²) in [5.41, 5.74) is 4.11. The summed E-state index contributed by atoms with van der Waals surface area (Å²) in [6.45, 7) is 2.97. The standard InChI is InChI=1S/C30H41NO5S.Li/c1-21-9-7-8-12-25(21)27-18-23(19-36-24(20-35-2)17-22-10-5-4-6-11-22)13-14-26(27)29(32)31-28(30(33)34)15-16-37-3;/h7-9,12-14,18,22,24,28H,4-6,10-11,15-17,19-20H2,1-3H3,(H,31,32)(H,33,34);/q;+1/p-1/t24?,28-;/m0./s1. The summed E-state index contributed by atoms with van der Waals surface area (Å²) in [5.74, 6) is -0.392. The van der Waals surface area contributed by atoms with Gasteiger partial charge in [0.25, 0.3) is 5.91 Å². The molecule has 1 amide bonds. The van der Waals surface area contributed by atoms with Crippen molar-refractivity contribution in [3.8, 4) is 11.1 Å². The second-order valence-corrected chi connectivity index (χ2v) is 10.9. The van der Waals surface area contributed by atoms with Crippen LogP contribution in [0.1, 0.15) is 66.4 Å². The molecule has 0 saturated heterocycles. The minimum absolute atomic E-state index is 0. The van der Waals surface area contributed by atoms with E-state index in [0.717, 1.165) is 28.7 Å². The summed E-state index contributed by atoms with van der Waals surface area (Å²) in [7, 11) is 1.71. The van der Waals surface area contributed by atoms with E-state index in [1.807, 2.05) is 49.6 Å². The summed E-state index contributed by atoms with van der Waals surface area (Å²) in [6.07, 6.45) is 9.67. The quantitative estimate of drug-likeness (QED) is 0.373. The Morgan fingerprint density at radius 1 is 1.11 bits per heavy atom. The topological polar surface area (TPSA) is 87.7 Å². The van der Waals surface area contributed by atoms with Crippen LogP contribution in [0.2, 0.25) is 0 Å². The fraction of sp³-hybridized carbons (Fsp3) is 0.533. The molecule has 8 heteroatoms. The molecule has 0 aromatic heterocycles. The van der Waals surface area contributed by atoms with E-state index in [1.165, 1.54) is 43.9 Å². The number of rotatable bonds is 14. The van der Waals surface area contributed by atoms with Gasteiger partial charge in [-0.25, -0.2) is 0 Å². The molecular formula is C30H40LiNO5S. The monoisotopic (exact) mass is 533 g/mol. The molecule has 1 aliphatic carbocycles. The van der Waals surface area contributed by atoms with Gasteiger partial charge < -0.3 is 24.7 Å². The summed E-state index contributed by atoms with van der Waals surface area (Å²) in [4.78, 5) is 24.9. The number of benzene rings is 2. The molecule has 0 bridgehead atoms. The van der Waals surface area contributed by atoms with Crippen molar-refractivity contribution in [3.05, 3.63) is 59.2 Å². The van der Waals surface area contributed by atoms with Crippen LogP contribution >= 0.6 is 11.8 Å². The minimum Gasteiger partial charge on any atom is -0.548 e. The van der Waals surface area contributed by atoms with E-state index in [-0.39, 0.29) is 25.0 Å². The number of carbonyl (C=O) groups excluding carboxylic acids is 2. The molecule has 6 nitrogen and oxygen atoms in total. The van der Waals surface area contributed by atoms with Crippen LogP contribution in [0.3, 0.4) is 0 Å². The van der Waals surface area contributed by atoms with Crippen LogP contribution in [0.4, 0.5) is 0 Å². The maximum Gasteiger partial charge on any atom is 1.00 e. The van der Waals surface area contributed by atoms with Gasteiger partial charge in [-0.1, -0.05) is 62.4 Å². The third-order valence-electron chi connectivity index (χ3n) is 7.12. The molecule has 1 aliphatic rings. The van der Waals surface area contributed by atoms with Crippen LogP contribution in [0.25, 0.3) is 11.1 Å². The number of carbonyl (C=O) groups is 2. The van der Waals surface area contributed by atoms with E-state index < -0.39 is 17.9 Å². The number of hydrogen-bond donors (Lipinski definition) is 1. The zero-order valence-corrected chi connectivity index (χ0v) is 24.1. The maximum atomic E-state index is 13.3. The van der Waals surface area contributed by atoms with Crippen molar-refractivity contribution in [2.75, 3.05) is 25.7 Å². The zero-order chi connectivity index (χ0) is 26.6. The van der Waals surface area contributed by atoms with E-state index in [2.05, 4.69) is 5.32 Å². The number of aliphatic carboxylic acids is 1. The van der Waals surface area contributed by atoms with Crippen LogP contribution < -0.4 is 29.3 Å². The number of ether oxygens (including phenoxy) is 2. The number of methoxy groups -OCH3 is 1. The average molecular weight is 534 g/mol. The van der Waals surface area contributed by atoms with Crippen molar-refractivity contribution in [1.29, 1.82) is 0 Å². The molecule has 3 rings (SSSR count). The molecule has 2 atom stereocenters. The smallest absolute Gasteiger partial charge is 0.548 e. The fourth-order valence-electron chi connectivity index (χ4n) is 5.08. The molecule has 1 saturated carbocycles. The van der Waals surface area contributed by atoms with Crippen molar-refractivity contribution in [3.63, 3.8) is 0 Å². The first-order valence-corrected chi connectivity index (χ1v) is 14.6. The molecule has 0 heterocycles. The van der Waals surface area contributed by atoms with Crippen LogP contribution in [-0.4, -0.2) is 49.7 Å². The second-order valence-electron chi connectivity index (χ2n) is 9.95. The number of nitrogens with one attached hydrogen (secondary N) is 1. The Morgan fingerprint density at radius 3 is 2.50 bits per heavy atom. The van der Waals surface area contributed by atoms with E-state index in [4.69, 9.17) is 9.47 Å². The Labute approximate surface area is 243 Å². The van der Waals surface area contributed by atoms with Gasteiger partial charge in [0, 0.05) is 12.7 Å². The molecule has 0 spiro atoms. The van der Waals surface area contributed by atoms with Gasteiger partial charge in [0.15, 0.2) is 0 Å². The number of aryl methyl sites for hydroxylation is 1. The molecular weight excluding hydrogens is 493 g/mol. The van der Waals surface area contributed by atoms with Crippen molar-refractivity contribution >= 4 is 23.6 Å². The van der Waals surface area contributed by atoms with Crippen molar-refractivity contribution < 1.29 is 43.0 Å². The zero-order valence-electron chi connectivity index (χ0n) is 23.3. The number of carboxylic acid groups (broad SMARTS) is 1. The Kier molecular flexibility index (Phi) is 14.6. The van der Waals surface area contributed by atoms with Crippen LogP contribution in [-0.2, 0) is 20.9 Å². The predicted octanol–water partition coefficient (Wildman–Crippen LogP) is 1.77. The molecule has 0 radical (unpaired) electrons. The van der Waals surface area contributed by atoms with E-state index in [1.54, 1.807) is 13.2 Å². The van der Waals surface area contributed by atoms with Crippen molar-refractivity contribution in [2.24, 2.45) is 5.92 Å². The Bertz CT molecular complexity index is 1030. The number of hydrogen-bond acceptors (Lipinski definition) is 6. The molecule has 1 fully saturated rings. The second kappa shape index (κ2) is 17.0.